The third-order valence-electron chi connectivity index (χ3n) is 3.93. The van der Waals surface area contributed by atoms with Gasteiger partial charge in [0.1, 0.15) is 10.7 Å². The molecule has 0 aliphatic rings. The van der Waals surface area contributed by atoms with E-state index in [9.17, 15) is 4.79 Å². The summed E-state index contributed by atoms with van der Waals surface area (Å²) in [7, 11) is 0. The Morgan fingerprint density at radius 3 is 2.96 bits per heavy atom. The van der Waals surface area contributed by atoms with Gasteiger partial charge in [-0.3, -0.25) is 9.48 Å². The summed E-state index contributed by atoms with van der Waals surface area (Å²) >= 11 is 1.47. The molecule has 3 aromatic heterocycles. The smallest absolute Gasteiger partial charge is 0.259 e. The number of nitrogens with one attached hydrogen (secondary N) is 1. The zero-order chi connectivity index (χ0) is 17.2. The van der Waals surface area contributed by atoms with Crippen LogP contribution in [0.2, 0.25) is 0 Å². The number of allylic oxidation sites excluding steroid dienone is 1. The highest BCUT2D eigenvalue weighted by atomic mass is 32.1. The molecule has 25 heavy (non-hydrogen) atoms. The lowest BCUT2D eigenvalue weighted by Crippen LogP contribution is -2.09. The van der Waals surface area contributed by atoms with Crippen LogP contribution in [-0.4, -0.2) is 19.7 Å². The molecule has 124 valence electrons. The first kappa shape index (κ1) is 15.5. The Morgan fingerprint density at radius 1 is 1.28 bits per heavy atom. The molecule has 3 heterocycles. The molecule has 0 radical (unpaired) electrons. The van der Waals surface area contributed by atoms with Gasteiger partial charge < -0.3 is 4.98 Å². The lowest BCUT2D eigenvalue weighted by Gasteiger charge is -2.01. The van der Waals surface area contributed by atoms with E-state index < -0.39 is 0 Å². The van der Waals surface area contributed by atoms with Crippen LogP contribution in [0.4, 0.5) is 0 Å². The number of hydrogen-bond acceptors (Lipinski definition) is 4. The van der Waals surface area contributed by atoms with Gasteiger partial charge in [0.05, 0.1) is 18.1 Å². The van der Waals surface area contributed by atoms with Crippen LogP contribution in [0.25, 0.3) is 21.9 Å². The van der Waals surface area contributed by atoms with E-state index >= 15 is 0 Å². The summed E-state index contributed by atoms with van der Waals surface area (Å²) in [5.41, 5.74) is 2.97. The van der Waals surface area contributed by atoms with Crippen LogP contribution in [0.1, 0.15) is 23.9 Å². The number of benzene rings is 1. The number of H-pyrrole nitrogens is 1. The molecular weight excluding hydrogens is 332 g/mol. The van der Waals surface area contributed by atoms with Gasteiger partial charge in [-0.15, -0.1) is 11.3 Å². The first-order valence-electron chi connectivity index (χ1n) is 7.91. The van der Waals surface area contributed by atoms with Crippen LogP contribution >= 0.6 is 11.3 Å². The number of fused-ring (bicyclic) bond motifs is 1. The first-order valence-corrected chi connectivity index (χ1v) is 8.79. The van der Waals surface area contributed by atoms with E-state index in [2.05, 4.69) is 27.2 Å². The molecule has 6 heteroatoms. The molecule has 0 amide bonds. The van der Waals surface area contributed by atoms with Crippen molar-refractivity contribution >= 4 is 33.2 Å². The van der Waals surface area contributed by atoms with Gasteiger partial charge in [0, 0.05) is 11.8 Å². The van der Waals surface area contributed by atoms with Gasteiger partial charge in [0.25, 0.3) is 5.56 Å². The van der Waals surface area contributed by atoms with Crippen molar-refractivity contribution in [3.8, 4) is 0 Å². The van der Waals surface area contributed by atoms with Crippen molar-refractivity contribution in [3.63, 3.8) is 0 Å². The van der Waals surface area contributed by atoms with Crippen molar-refractivity contribution in [3.05, 3.63) is 81.5 Å². The summed E-state index contributed by atoms with van der Waals surface area (Å²) in [4.78, 5) is 20.2. The Bertz CT molecular complexity index is 1110. The zero-order valence-electron chi connectivity index (χ0n) is 13.6. The second-order valence-electron chi connectivity index (χ2n) is 5.84. The molecule has 0 atom stereocenters. The molecule has 1 aromatic carbocycles. The topological polar surface area (TPSA) is 63.6 Å². The summed E-state index contributed by atoms with van der Waals surface area (Å²) < 4.78 is 1.90. The molecule has 0 bridgehead atoms. The predicted octanol–water partition coefficient (Wildman–Crippen LogP) is 3.79. The molecule has 1 N–H and O–H groups in total. The van der Waals surface area contributed by atoms with E-state index in [0.717, 1.165) is 22.5 Å². The second-order valence-corrected chi connectivity index (χ2v) is 6.73. The lowest BCUT2D eigenvalue weighted by molar-refractivity contribution is 0.687. The van der Waals surface area contributed by atoms with Crippen LogP contribution < -0.4 is 5.56 Å². The molecule has 0 aliphatic heterocycles. The van der Waals surface area contributed by atoms with Crippen LogP contribution in [0.3, 0.4) is 0 Å². The fourth-order valence-electron chi connectivity index (χ4n) is 2.68. The van der Waals surface area contributed by atoms with E-state index in [4.69, 9.17) is 0 Å². The Kier molecular flexibility index (Phi) is 4.03. The Morgan fingerprint density at radius 2 is 2.12 bits per heavy atom. The molecule has 0 spiro atoms. The molecule has 4 aromatic rings. The number of nitrogens with zero attached hydrogens (tertiary/aromatic N) is 3. The standard InChI is InChI=1S/C19H16N4OS/c1-13(17-21-18(24)16-7-8-25-19(16)22-17)9-15-10-20-23(12-15)11-14-5-3-2-4-6-14/h2-10,12H,11H2,1H3,(H,21,22,24). The first-order chi connectivity index (χ1) is 12.2. The number of rotatable bonds is 4. The third kappa shape index (κ3) is 3.29. The summed E-state index contributed by atoms with van der Waals surface area (Å²) in [6.07, 6.45) is 5.78. The van der Waals surface area contributed by atoms with E-state index in [1.165, 1.54) is 16.9 Å². The Hall–Kier alpha value is -2.99. The van der Waals surface area contributed by atoms with E-state index in [-0.39, 0.29) is 5.56 Å². The molecular formula is C19H16N4OS. The molecule has 0 saturated heterocycles. The predicted molar refractivity (Wildman–Crippen MR) is 102 cm³/mol. The van der Waals surface area contributed by atoms with Crippen molar-refractivity contribution in [2.75, 3.05) is 0 Å². The van der Waals surface area contributed by atoms with Crippen molar-refractivity contribution in [1.82, 2.24) is 19.7 Å². The van der Waals surface area contributed by atoms with Gasteiger partial charge in [0.15, 0.2) is 0 Å². The summed E-state index contributed by atoms with van der Waals surface area (Å²) in [5.74, 6) is 0.593. The molecule has 4 rings (SSSR count). The van der Waals surface area contributed by atoms with E-state index in [0.29, 0.717) is 11.2 Å². The van der Waals surface area contributed by atoms with Gasteiger partial charge >= 0.3 is 0 Å². The molecule has 0 fully saturated rings. The minimum atomic E-state index is -0.103. The summed E-state index contributed by atoms with van der Waals surface area (Å²) in [5, 5.41) is 6.91. The number of aromatic amines is 1. The highest BCUT2D eigenvalue weighted by Crippen LogP contribution is 2.18. The van der Waals surface area contributed by atoms with Gasteiger partial charge in [-0.25, -0.2) is 4.98 Å². The van der Waals surface area contributed by atoms with E-state index in [1.807, 2.05) is 53.7 Å². The van der Waals surface area contributed by atoms with Crippen molar-refractivity contribution < 1.29 is 0 Å². The maximum absolute atomic E-state index is 12.1. The number of thiophene rings is 1. The quantitative estimate of drug-likeness (QED) is 0.610. The average Bonchev–Trinajstić information content (AvgIpc) is 3.25. The van der Waals surface area contributed by atoms with Gasteiger partial charge in [-0.05, 0) is 35.6 Å². The van der Waals surface area contributed by atoms with Crippen LogP contribution in [0.15, 0.2) is 59.0 Å². The van der Waals surface area contributed by atoms with E-state index in [1.54, 1.807) is 6.07 Å². The van der Waals surface area contributed by atoms with Gasteiger partial charge in [0.2, 0.25) is 0 Å². The van der Waals surface area contributed by atoms with Crippen molar-refractivity contribution in [1.29, 1.82) is 0 Å². The minimum absolute atomic E-state index is 0.103. The molecule has 0 aliphatic carbocycles. The average molecular weight is 348 g/mol. The lowest BCUT2D eigenvalue weighted by atomic mass is 10.2. The van der Waals surface area contributed by atoms with Crippen molar-refractivity contribution in [2.45, 2.75) is 13.5 Å². The normalized spacial score (nSPS) is 12.0. The Balaban J connectivity index is 1.60. The highest BCUT2D eigenvalue weighted by Gasteiger charge is 2.07. The van der Waals surface area contributed by atoms with Gasteiger partial charge in [-0.1, -0.05) is 30.3 Å². The zero-order valence-corrected chi connectivity index (χ0v) is 14.5. The second kappa shape index (κ2) is 6.49. The maximum Gasteiger partial charge on any atom is 0.259 e. The molecule has 0 saturated carbocycles. The minimum Gasteiger partial charge on any atom is -0.306 e. The summed E-state index contributed by atoms with van der Waals surface area (Å²) in [6.45, 7) is 2.66. The number of aromatic nitrogens is 4. The SMILES string of the molecule is CC(=Cc1cnn(Cc2ccccc2)c1)c1nc2sccc2c(=O)[nH]1. The molecule has 5 nitrogen and oxygen atoms in total. The highest BCUT2D eigenvalue weighted by molar-refractivity contribution is 7.16. The van der Waals surface area contributed by atoms with Crippen LogP contribution in [-0.2, 0) is 6.54 Å². The number of hydrogen-bond donors (Lipinski definition) is 1. The fraction of sp³-hybridized carbons (Fsp3) is 0.105. The molecule has 0 unspecified atom stereocenters. The monoisotopic (exact) mass is 348 g/mol. The fourth-order valence-corrected chi connectivity index (χ4v) is 3.45. The van der Waals surface area contributed by atoms with Crippen LogP contribution in [0, 0.1) is 0 Å². The largest absolute Gasteiger partial charge is 0.306 e. The maximum atomic E-state index is 12.1. The third-order valence-corrected chi connectivity index (χ3v) is 4.74. The van der Waals surface area contributed by atoms with Crippen LogP contribution in [0.5, 0.6) is 0 Å². The van der Waals surface area contributed by atoms with Crippen molar-refractivity contribution in [2.24, 2.45) is 0 Å². The Labute approximate surface area is 148 Å². The summed E-state index contributed by atoms with van der Waals surface area (Å²) in [6, 6.07) is 12.0. The van der Waals surface area contributed by atoms with Gasteiger partial charge in [-0.2, -0.15) is 5.10 Å².